The molecule has 5 atom stereocenters. The third-order valence-corrected chi connectivity index (χ3v) is 5.08. The fourth-order valence-corrected chi connectivity index (χ4v) is 3.57. The van der Waals surface area contributed by atoms with Gasteiger partial charge < -0.3 is 24.6 Å². The van der Waals surface area contributed by atoms with E-state index in [-0.39, 0.29) is 0 Å². The van der Waals surface area contributed by atoms with Gasteiger partial charge in [0, 0.05) is 11.6 Å². The zero-order valence-electron chi connectivity index (χ0n) is 15.7. The summed E-state index contributed by atoms with van der Waals surface area (Å²) in [4.78, 5) is 8.42. The van der Waals surface area contributed by atoms with E-state index in [1.165, 1.54) is 6.33 Å². The molecule has 1 saturated heterocycles. The summed E-state index contributed by atoms with van der Waals surface area (Å²) in [7, 11) is 0. The van der Waals surface area contributed by atoms with Crippen molar-refractivity contribution in [2.24, 2.45) is 0 Å². The lowest BCUT2D eigenvalue weighted by atomic mass is 9.96. The third kappa shape index (κ3) is 3.98. The maximum atomic E-state index is 10.7. The quantitative estimate of drug-likeness (QED) is 0.566. The van der Waals surface area contributed by atoms with Crippen LogP contribution in [-0.4, -0.2) is 56.6 Å². The first-order chi connectivity index (χ1) is 13.9. The molecule has 0 spiro atoms. The predicted octanol–water partition coefficient (Wildman–Crippen LogP) is 0.731. The van der Waals surface area contributed by atoms with Gasteiger partial charge in [-0.3, -0.25) is 0 Å². The highest BCUT2D eigenvalue weighted by atomic mass is 32.1. The average Bonchev–Trinajstić information content (AvgIpc) is 3.25. The van der Waals surface area contributed by atoms with E-state index in [1.807, 2.05) is 38.1 Å². The number of hydrogen-bond acceptors (Lipinski definition) is 8. The van der Waals surface area contributed by atoms with Crippen LogP contribution in [0, 0.1) is 13.8 Å². The standard InChI is InChI=1S/C19H21N3O4.O2S/c1-10-5-3-4-6-12(10)14(23)17-15(24)16(25)19(26-17)22-8-7-13-11(2)20-9-21-18(13)22;1-3-2/h3-9,14-17,19,23-25H,1-2H3;/t14-,15+,16-,17-,19-;/m1./s1. The number of nitrogens with zero attached hydrogens (tertiary/aromatic N) is 3. The van der Waals surface area contributed by atoms with Crippen LogP contribution < -0.4 is 0 Å². The number of aliphatic hydroxyl groups excluding tert-OH is 3. The van der Waals surface area contributed by atoms with E-state index in [4.69, 9.17) is 13.2 Å². The molecule has 1 aliphatic rings. The first-order valence-electron chi connectivity index (χ1n) is 8.85. The summed E-state index contributed by atoms with van der Waals surface area (Å²) in [6.07, 6.45) is -2.07. The zero-order chi connectivity index (χ0) is 21.1. The Labute approximate surface area is 170 Å². The van der Waals surface area contributed by atoms with Crippen LogP contribution in [0.1, 0.15) is 29.2 Å². The molecule has 0 radical (unpaired) electrons. The molecule has 1 aromatic carbocycles. The molecule has 3 heterocycles. The normalized spacial score (nSPS) is 24.7. The van der Waals surface area contributed by atoms with Gasteiger partial charge in [-0.25, -0.2) is 9.97 Å². The Morgan fingerprint density at radius 3 is 2.48 bits per heavy atom. The van der Waals surface area contributed by atoms with Gasteiger partial charge in [-0.2, -0.15) is 8.42 Å². The molecule has 9 nitrogen and oxygen atoms in total. The van der Waals surface area contributed by atoms with Gasteiger partial charge in [0.1, 0.15) is 36.4 Å². The molecule has 0 saturated carbocycles. The summed E-state index contributed by atoms with van der Waals surface area (Å²) < 4.78 is 24.2. The third-order valence-electron chi connectivity index (χ3n) is 5.08. The van der Waals surface area contributed by atoms with Crippen LogP contribution in [-0.2, 0) is 16.3 Å². The second-order valence-electron chi connectivity index (χ2n) is 6.76. The topological polar surface area (TPSA) is 135 Å². The van der Waals surface area contributed by atoms with Gasteiger partial charge in [0.2, 0.25) is 0 Å². The maximum absolute atomic E-state index is 10.7. The Morgan fingerprint density at radius 1 is 1.10 bits per heavy atom. The minimum absolute atomic E-state index is 0.611. The van der Waals surface area contributed by atoms with Gasteiger partial charge in [-0.15, -0.1) is 0 Å². The number of ether oxygens (including phenoxy) is 1. The molecule has 0 unspecified atom stereocenters. The second kappa shape index (κ2) is 8.89. The van der Waals surface area contributed by atoms with Crippen LogP contribution in [0.15, 0.2) is 42.9 Å². The summed E-state index contributed by atoms with van der Waals surface area (Å²) >= 11 is -0.750. The lowest BCUT2D eigenvalue weighted by molar-refractivity contribution is -0.0849. The van der Waals surface area contributed by atoms with E-state index < -0.39 is 42.2 Å². The summed E-state index contributed by atoms with van der Waals surface area (Å²) in [6, 6.07) is 9.21. The summed E-state index contributed by atoms with van der Waals surface area (Å²) in [6.45, 7) is 3.76. The van der Waals surface area contributed by atoms with Gasteiger partial charge in [0.15, 0.2) is 6.23 Å². The van der Waals surface area contributed by atoms with Crippen molar-refractivity contribution in [2.45, 2.75) is 44.5 Å². The van der Waals surface area contributed by atoms with Crippen LogP contribution >= 0.6 is 0 Å². The van der Waals surface area contributed by atoms with Gasteiger partial charge in [-0.1, -0.05) is 24.3 Å². The van der Waals surface area contributed by atoms with Crippen molar-refractivity contribution in [1.29, 1.82) is 0 Å². The number of benzene rings is 1. The van der Waals surface area contributed by atoms with Crippen molar-refractivity contribution in [3.63, 3.8) is 0 Å². The molecule has 4 rings (SSSR count). The fourth-order valence-electron chi connectivity index (χ4n) is 3.57. The molecule has 3 N–H and O–H groups in total. The molecule has 1 fully saturated rings. The van der Waals surface area contributed by atoms with Gasteiger partial charge in [-0.05, 0) is 31.0 Å². The molecule has 0 amide bonds. The van der Waals surface area contributed by atoms with Crippen molar-refractivity contribution in [1.82, 2.24) is 14.5 Å². The van der Waals surface area contributed by atoms with Crippen molar-refractivity contribution in [3.05, 3.63) is 59.7 Å². The summed E-state index contributed by atoms with van der Waals surface area (Å²) in [5.41, 5.74) is 2.99. The predicted molar refractivity (Wildman–Crippen MR) is 103 cm³/mol. The van der Waals surface area contributed by atoms with Gasteiger partial charge in [0.05, 0.1) is 5.69 Å². The lowest BCUT2D eigenvalue weighted by Gasteiger charge is -2.22. The largest absolute Gasteiger partial charge is 0.387 e. The van der Waals surface area contributed by atoms with Crippen LogP contribution in [0.3, 0.4) is 0 Å². The van der Waals surface area contributed by atoms with E-state index in [9.17, 15) is 15.3 Å². The Morgan fingerprint density at radius 2 is 1.79 bits per heavy atom. The summed E-state index contributed by atoms with van der Waals surface area (Å²) in [5, 5.41) is 32.6. The lowest BCUT2D eigenvalue weighted by Crippen LogP contribution is -2.35. The van der Waals surface area contributed by atoms with E-state index in [0.29, 0.717) is 11.2 Å². The Kier molecular flexibility index (Phi) is 6.50. The van der Waals surface area contributed by atoms with Crippen LogP contribution in [0.25, 0.3) is 11.0 Å². The van der Waals surface area contributed by atoms with E-state index in [0.717, 1.165) is 16.6 Å². The van der Waals surface area contributed by atoms with Crippen molar-refractivity contribution < 1.29 is 28.5 Å². The molecular formula is C19H21N3O6S. The first-order valence-corrected chi connectivity index (χ1v) is 9.52. The van der Waals surface area contributed by atoms with Crippen LogP contribution in [0.4, 0.5) is 0 Å². The first kappa shape index (κ1) is 21.2. The number of aromatic nitrogens is 3. The Bertz CT molecular complexity index is 1040. The molecule has 3 aromatic rings. The average molecular weight is 419 g/mol. The Balaban J connectivity index is 0.000000755. The van der Waals surface area contributed by atoms with Crippen molar-refractivity contribution in [3.8, 4) is 0 Å². The van der Waals surface area contributed by atoms with Crippen LogP contribution in [0.2, 0.25) is 0 Å². The van der Waals surface area contributed by atoms with E-state index in [1.54, 1.807) is 16.8 Å². The van der Waals surface area contributed by atoms with Gasteiger partial charge >= 0.3 is 11.6 Å². The number of fused-ring (bicyclic) bond motifs is 1. The number of aliphatic hydroxyl groups is 3. The zero-order valence-corrected chi connectivity index (χ0v) is 16.6. The minimum atomic E-state index is -1.23. The fraction of sp³-hybridized carbons (Fsp3) is 0.368. The van der Waals surface area contributed by atoms with Crippen LogP contribution in [0.5, 0.6) is 0 Å². The molecule has 0 bridgehead atoms. The maximum Gasteiger partial charge on any atom is 0.335 e. The Hall–Kier alpha value is -2.50. The smallest absolute Gasteiger partial charge is 0.335 e. The van der Waals surface area contributed by atoms with Crippen molar-refractivity contribution >= 4 is 22.6 Å². The molecule has 1 aliphatic heterocycles. The highest BCUT2D eigenvalue weighted by molar-refractivity contribution is 7.51. The minimum Gasteiger partial charge on any atom is -0.387 e. The molecule has 154 valence electrons. The molecule has 10 heteroatoms. The number of hydrogen-bond donors (Lipinski definition) is 3. The molecule has 0 aliphatic carbocycles. The van der Waals surface area contributed by atoms with E-state index in [2.05, 4.69) is 9.97 Å². The SMILES string of the molecule is Cc1ccccc1[C@@H](O)[C@H]1O[C@@H](n2ccc3c(C)ncnc32)[C@H](O)[C@@H]1O.O=S=O. The van der Waals surface area contributed by atoms with Crippen molar-refractivity contribution in [2.75, 3.05) is 0 Å². The number of rotatable bonds is 3. The number of aryl methyl sites for hydroxylation is 2. The second-order valence-corrected chi connectivity index (χ2v) is 6.90. The monoisotopic (exact) mass is 419 g/mol. The molecular weight excluding hydrogens is 398 g/mol. The summed E-state index contributed by atoms with van der Waals surface area (Å²) in [5.74, 6) is 0. The molecule has 29 heavy (non-hydrogen) atoms. The van der Waals surface area contributed by atoms with E-state index >= 15 is 0 Å². The van der Waals surface area contributed by atoms with Gasteiger partial charge in [0.25, 0.3) is 0 Å². The highest BCUT2D eigenvalue weighted by Crippen LogP contribution is 2.38. The molecule has 2 aromatic heterocycles. The highest BCUT2D eigenvalue weighted by Gasteiger charge is 2.47.